The Labute approximate surface area is 137 Å². The molecule has 1 heterocycles. The lowest BCUT2D eigenvalue weighted by Crippen LogP contribution is -2.42. The Hall–Kier alpha value is -1.98. The first-order valence-corrected chi connectivity index (χ1v) is 8.09. The van der Waals surface area contributed by atoms with Gasteiger partial charge in [-0.15, -0.1) is 0 Å². The van der Waals surface area contributed by atoms with Crippen molar-refractivity contribution in [1.29, 1.82) is 0 Å². The lowest BCUT2D eigenvalue weighted by Gasteiger charge is -2.30. The van der Waals surface area contributed by atoms with Gasteiger partial charge in [0.05, 0.1) is 18.5 Å². The number of pyridine rings is 1. The zero-order valence-electron chi connectivity index (χ0n) is 14.2. The van der Waals surface area contributed by atoms with Crippen molar-refractivity contribution in [1.82, 2.24) is 10.3 Å². The van der Waals surface area contributed by atoms with Crippen LogP contribution in [0.25, 0.3) is 0 Å². The van der Waals surface area contributed by atoms with Crippen LogP contribution in [0.4, 0.5) is 10.5 Å². The number of rotatable bonds is 5. The van der Waals surface area contributed by atoms with Crippen LogP contribution in [0.3, 0.4) is 0 Å². The van der Waals surface area contributed by atoms with E-state index in [0.29, 0.717) is 24.6 Å². The standard InChI is InChI=1S/C17H27N3O3/c1-16(2,3)23-15(21)20-11-17(7-4-5-8-17)12-22-14-6-9-19-10-13(14)18/h6,9-10H,4-5,7-8,11-12,18H2,1-3H3,(H,20,21). The summed E-state index contributed by atoms with van der Waals surface area (Å²) in [6.45, 7) is 6.64. The summed E-state index contributed by atoms with van der Waals surface area (Å²) < 4.78 is 11.2. The van der Waals surface area contributed by atoms with Gasteiger partial charge in [-0.2, -0.15) is 0 Å². The molecule has 1 saturated carbocycles. The molecule has 128 valence electrons. The molecule has 3 N–H and O–H groups in total. The fraction of sp³-hybridized carbons (Fsp3) is 0.647. The van der Waals surface area contributed by atoms with Crippen LogP contribution in [-0.4, -0.2) is 29.8 Å². The van der Waals surface area contributed by atoms with Crippen molar-refractivity contribution in [3.63, 3.8) is 0 Å². The maximum atomic E-state index is 11.9. The molecule has 1 amide bonds. The van der Waals surface area contributed by atoms with Gasteiger partial charge in [0.1, 0.15) is 11.4 Å². The summed E-state index contributed by atoms with van der Waals surface area (Å²) in [6.07, 6.45) is 7.19. The molecule has 6 nitrogen and oxygen atoms in total. The van der Waals surface area contributed by atoms with E-state index in [9.17, 15) is 4.79 Å². The number of carbonyl (C=O) groups is 1. The molecule has 2 rings (SSSR count). The fourth-order valence-electron chi connectivity index (χ4n) is 2.83. The van der Waals surface area contributed by atoms with Crippen molar-refractivity contribution in [3.8, 4) is 5.75 Å². The Bertz CT molecular complexity index is 534. The van der Waals surface area contributed by atoms with Crippen LogP contribution in [0.1, 0.15) is 46.5 Å². The monoisotopic (exact) mass is 321 g/mol. The van der Waals surface area contributed by atoms with Crippen LogP contribution in [-0.2, 0) is 4.74 Å². The number of nitrogens with zero attached hydrogens (tertiary/aromatic N) is 1. The first-order valence-electron chi connectivity index (χ1n) is 8.09. The average Bonchev–Trinajstić information content (AvgIpc) is 2.92. The van der Waals surface area contributed by atoms with E-state index < -0.39 is 5.60 Å². The number of alkyl carbamates (subject to hydrolysis) is 1. The van der Waals surface area contributed by atoms with Gasteiger partial charge >= 0.3 is 6.09 Å². The van der Waals surface area contributed by atoms with Crippen molar-refractivity contribution in [2.75, 3.05) is 18.9 Å². The van der Waals surface area contributed by atoms with Gasteiger partial charge in [0.2, 0.25) is 0 Å². The molecule has 0 saturated heterocycles. The maximum Gasteiger partial charge on any atom is 0.407 e. The van der Waals surface area contributed by atoms with Crippen molar-refractivity contribution in [2.45, 2.75) is 52.1 Å². The van der Waals surface area contributed by atoms with Gasteiger partial charge in [0, 0.05) is 24.2 Å². The van der Waals surface area contributed by atoms with Gasteiger partial charge in [-0.05, 0) is 33.6 Å². The van der Waals surface area contributed by atoms with Crippen molar-refractivity contribution < 1.29 is 14.3 Å². The second kappa shape index (κ2) is 7.06. The molecule has 0 aromatic carbocycles. The van der Waals surface area contributed by atoms with E-state index >= 15 is 0 Å². The lowest BCUT2D eigenvalue weighted by molar-refractivity contribution is 0.0478. The summed E-state index contributed by atoms with van der Waals surface area (Å²) >= 11 is 0. The molecule has 0 aliphatic heterocycles. The summed E-state index contributed by atoms with van der Waals surface area (Å²) in [5.41, 5.74) is 5.84. The summed E-state index contributed by atoms with van der Waals surface area (Å²) in [4.78, 5) is 15.8. The Balaban J connectivity index is 1.92. The van der Waals surface area contributed by atoms with E-state index in [1.165, 1.54) is 0 Å². The van der Waals surface area contributed by atoms with Crippen LogP contribution in [0.2, 0.25) is 0 Å². The van der Waals surface area contributed by atoms with Crippen molar-refractivity contribution in [3.05, 3.63) is 18.5 Å². The molecule has 0 atom stereocenters. The quantitative estimate of drug-likeness (QED) is 0.870. The molecule has 23 heavy (non-hydrogen) atoms. The summed E-state index contributed by atoms with van der Waals surface area (Å²) in [5.74, 6) is 0.642. The van der Waals surface area contributed by atoms with E-state index in [2.05, 4.69) is 10.3 Å². The third-order valence-corrected chi connectivity index (χ3v) is 4.01. The molecular formula is C17H27N3O3. The molecule has 0 spiro atoms. The molecule has 0 radical (unpaired) electrons. The van der Waals surface area contributed by atoms with Gasteiger partial charge in [0.15, 0.2) is 0 Å². The molecule has 1 aromatic heterocycles. The van der Waals surface area contributed by atoms with Crippen LogP contribution < -0.4 is 15.8 Å². The molecule has 0 unspecified atom stereocenters. The number of hydrogen-bond donors (Lipinski definition) is 2. The molecule has 0 bridgehead atoms. The van der Waals surface area contributed by atoms with E-state index in [1.807, 2.05) is 20.8 Å². The Morgan fingerprint density at radius 3 is 2.70 bits per heavy atom. The number of aromatic nitrogens is 1. The highest BCUT2D eigenvalue weighted by Gasteiger charge is 2.35. The molecule has 1 aromatic rings. The van der Waals surface area contributed by atoms with Crippen LogP contribution in [0.5, 0.6) is 5.75 Å². The number of nitrogen functional groups attached to an aromatic ring is 1. The lowest BCUT2D eigenvalue weighted by atomic mass is 9.87. The second-order valence-electron chi connectivity index (χ2n) is 7.26. The highest BCUT2D eigenvalue weighted by Crippen LogP contribution is 2.38. The Morgan fingerprint density at radius 1 is 1.39 bits per heavy atom. The van der Waals surface area contributed by atoms with Crippen molar-refractivity contribution in [2.24, 2.45) is 5.41 Å². The predicted octanol–water partition coefficient (Wildman–Crippen LogP) is 3.13. The van der Waals surface area contributed by atoms with Gasteiger partial charge in [-0.25, -0.2) is 4.79 Å². The van der Waals surface area contributed by atoms with E-state index in [1.54, 1.807) is 18.5 Å². The van der Waals surface area contributed by atoms with E-state index in [-0.39, 0.29) is 11.5 Å². The summed E-state index contributed by atoms with van der Waals surface area (Å²) in [5, 5.41) is 2.89. The van der Waals surface area contributed by atoms with Gasteiger partial charge in [-0.3, -0.25) is 4.98 Å². The number of carbonyl (C=O) groups excluding carboxylic acids is 1. The first kappa shape index (κ1) is 17.4. The number of amides is 1. The topological polar surface area (TPSA) is 86.5 Å². The molecule has 1 fully saturated rings. The number of hydrogen-bond acceptors (Lipinski definition) is 5. The summed E-state index contributed by atoms with van der Waals surface area (Å²) in [7, 11) is 0. The number of ether oxygens (including phenoxy) is 2. The minimum absolute atomic E-state index is 0.0629. The first-order chi connectivity index (χ1) is 10.8. The summed E-state index contributed by atoms with van der Waals surface area (Å²) in [6, 6.07) is 1.76. The average molecular weight is 321 g/mol. The minimum Gasteiger partial charge on any atom is -0.491 e. The fourth-order valence-corrected chi connectivity index (χ4v) is 2.83. The smallest absolute Gasteiger partial charge is 0.407 e. The molecule has 1 aliphatic rings. The van der Waals surface area contributed by atoms with Crippen molar-refractivity contribution >= 4 is 11.8 Å². The number of anilines is 1. The van der Waals surface area contributed by atoms with Gasteiger partial charge < -0.3 is 20.5 Å². The predicted molar refractivity (Wildman–Crippen MR) is 89.3 cm³/mol. The van der Waals surface area contributed by atoms with Crippen LogP contribution >= 0.6 is 0 Å². The highest BCUT2D eigenvalue weighted by atomic mass is 16.6. The molecule has 1 aliphatic carbocycles. The third-order valence-electron chi connectivity index (χ3n) is 4.01. The molecule has 6 heteroatoms. The van der Waals surface area contributed by atoms with Gasteiger partial charge in [0.25, 0.3) is 0 Å². The third kappa shape index (κ3) is 5.30. The highest BCUT2D eigenvalue weighted by molar-refractivity contribution is 5.67. The van der Waals surface area contributed by atoms with E-state index in [4.69, 9.17) is 15.2 Å². The Morgan fingerprint density at radius 2 is 2.09 bits per heavy atom. The number of nitrogens with one attached hydrogen (secondary N) is 1. The number of nitrogens with two attached hydrogens (primary N) is 1. The van der Waals surface area contributed by atoms with Crippen LogP contribution in [0, 0.1) is 5.41 Å². The zero-order valence-corrected chi connectivity index (χ0v) is 14.2. The Kier molecular flexibility index (Phi) is 5.34. The zero-order chi connectivity index (χ0) is 16.9. The molecular weight excluding hydrogens is 294 g/mol. The van der Waals surface area contributed by atoms with E-state index in [0.717, 1.165) is 25.7 Å². The van der Waals surface area contributed by atoms with Crippen LogP contribution in [0.15, 0.2) is 18.5 Å². The SMILES string of the molecule is CC(C)(C)OC(=O)NCC1(COc2ccncc2N)CCCC1. The minimum atomic E-state index is -0.491. The van der Waals surface area contributed by atoms with Gasteiger partial charge in [-0.1, -0.05) is 12.8 Å². The second-order valence-corrected chi connectivity index (χ2v) is 7.26. The maximum absolute atomic E-state index is 11.9. The largest absolute Gasteiger partial charge is 0.491 e. The normalized spacial score (nSPS) is 16.8.